The zero-order chi connectivity index (χ0) is 28.6. The van der Waals surface area contributed by atoms with Gasteiger partial charge < -0.3 is 40.8 Å². The molecule has 0 unspecified atom stereocenters. The van der Waals surface area contributed by atoms with Crippen LogP contribution in [0, 0.1) is 0 Å². The molecule has 2 aromatic carbocycles. The number of benzene rings is 2. The highest BCUT2D eigenvalue weighted by Crippen LogP contribution is 2.15. The van der Waals surface area contributed by atoms with Crippen LogP contribution < -0.4 is 20.9 Å². The van der Waals surface area contributed by atoms with Crippen molar-refractivity contribution < 1.29 is 48.5 Å². The van der Waals surface area contributed by atoms with Gasteiger partial charge in [0, 0.05) is 36.8 Å². The zero-order valence-corrected chi connectivity index (χ0v) is 20.8. The second kappa shape index (κ2) is 15.9. The van der Waals surface area contributed by atoms with Crippen molar-refractivity contribution in [1.82, 2.24) is 0 Å². The van der Waals surface area contributed by atoms with Crippen LogP contribution in [0.4, 0.5) is 0 Å². The summed E-state index contributed by atoms with van der Waals surface area (Å²) in [5.74, 6) is -2.53. The van der Waals surface area contributed by atoms with Gasteiger partial charge in [0.1, 0.15) is 11.5 Å². The van der Waals surface area contributed by atoms with Gasteiger partial charge in [-0.15, -0.1) is 0 Å². The molecule has 0 atom stereocenters. The van der Waals surface area contributed by atoms with E-state index in [-0.39, 0.29) is 57.0 Å². The molecule has 0 saturated carbocycles. The first-order valence-corrected chi connectivity index (χ1v) is 11.6. The maximum atomic E-state index is 11.5. The molecule has 0 aliphatic heterocycles. The van der Waals surface area contributed by atoms with Crippen molar-refractivity contribution in [1.29, 1.82) is 0 Å². The molecule has 0 aliphatic rings. The Balaban J connectivity index is 1.76. The van der Waals surface area contributed by atoms with E-state index in [1.54, 1.807) is 48.5 Å². The summed E-state index contributed by atoms with van der Waals surface area (Å²) in [5, 5.41) is 24.2. The lowest BCUT2D eigenvalue weighted by molar-refractivity contribution is -0.145. The standard InChI is InChI=1S/C25H28N4O10/c26-24(28-38-22(34)5-1-3-20(30)31)16-7-11-18(12-8-16)36-15-37-19-13-9-17(10-14-19)25(27)29-39-23(35)6-2-4-21(32)33/h7-14H,1-6,15H2,(H2,26,28)(H2,27,29)(H,30,31)(H,32,33). The topological polar surface area (TPSA) is 222 Å². The number of carboxylic acids is 2. The molecule has 2 aromatic rings. The summed E-state index contributed by atoms with van der Waals surface area (Å²) in [5.41, 5.74) is 12.5. The van der Waals surface area contributed by atoms with E-state index in [1.807, 2.05) is 0 Å². The number of hydrogen-bond acceptors (Lipinski definition) is 10. The van der Waals surface area contributed by atoms with Crippen LogP contribution in [0.15, 0.2) is 58.8 Å². The van der Waals surface area contributed by atoms with Crippen molar-refractivity contribution in [3.63, 3.8) is 0 Å². The third kappa shape index (κ3) is 12.1. The highest BCUT2D eigenvalue weighted by Gasteiger charge is 2.08. The third-order valence-corrected chi connectivity index (χ3v) is 4.79. The summed E-state index contributed by atoms with van der Waals surface area (Å²) in [6.07, 6.45) is -0.196. The van der Waals surface area contributed by atoms with Gasteiger partial charge in [-0.3, -0.25) is 9.59 Å². The summed E-state index contributed by atoms with van der Waals surface area (Å²) in [7, 11) is 0. The molecule has 6 N–H and O–H groups in total. The second-order valence-corrected chi connectivity index (χ2v) is 7.83. The molecule has 0 bridgehead atoms. The zero-order valence-electron chi connectivity index (χ0n) is 20.8. The van der Waals surface area contributed by atoms with Crippen molar-refractivity contribution in [3.05, 3.63) is 59.7 Å². The van der Waals surface area contributed by atoms with Gasteiger partial charge in [0.15, 0.2) is 11.7 Å². The van der Waals surface area contributed by atoms with Gasteiger partial charge >= 0.3 is 23.9 Å². The van der Waals surface area contributed by atoms with Crippen LogP contribution in [0.1, 0.15) is 49.7 Å². The van der Waals surface area contributed by atoms with Crippen LogP contribution in [0.2, 0.25) is 0 Å². The van der Waals surface area contributed by atoms with Crippen molar-refractivity contribution >= 4 is 35.5 Å². The Hall–Kier alpha value is -5.14. The summed E-state index contributed by atoms with van der Waals surface area (Å²) in [6.45, 7) is -0.117. The Kier molecular flexibility index (Phi) is 12.2. The van der Waals surface area contributed by atoms with Gasteiger partial charge in [-0.2, -0.15) is 0 Å². The van der Waals surface area contributed by atoms with Crippen molar-refractivity contribution in [2.75, 3.05) is 6.79 Å². The molecule has 0 amide bonds. The summed E-state index contributed by atoms with van der Waals surface area (Å²) in [6, 6.07) is 12.8. The van der Waals surface area contributed by atoms with Crippen LogP contribution in [0.3, 0.4) is 0 Å². The van der Waals surface area contributed by atoms with Crippen molar-refractivity contribution in [2.24, 2.45) is 21.8 Å². The monoisotopic (exact) mass is 544 g/mol. The van der Waals surface area contributed by atoms with Crippen LogP contribution in [-0.2, 0) is 28.9 Å². The van der Waals surface area contributed by atoms with E-state index in [9.17, 15) is 19.2 Å². The molecule has 0 radical (unpaired) electrons. The van der Waals surface area contributed by atoms with E-state index in [4.69, 9.17) is 31.2 Å². The molecule has 0 heterocycles. The molecule has 0 saturated heterocycles. The number of rotatable bonds is 16. The fourth-order valence-electron chi connectivity index (χ4n) is 2.77. The smallest absolute Gasteiger partial charge is 0.335 e. The van der Waals surface area contributed by atoms with E-state index in [1.165, 1.54) is 0 Å². The average Bonchev–Trinajstić information content (AvgIpc) is 2.90. The number of aliphatic carboxylic acids is 2. The van der Waals surface area contributed by atoms with E-state index in [0.29, 0.717) is 22.6 Å². The Bertz CT molecular complexity index is 1100. The summed E-state index contributed by atoms with van der Waals surface area (Å²) >= 11 is 0. The van der Waals surface area contributed by atoms with Crippen LogP contribution in [0.25, 0.3) is 0 Å². The number of nitrogens with two attached hydrogens (primary N) is 2. The van der Waals surface area contributed by atoms with Crippen LogP contribution in [0.5, 0.6) is 11.5 Å². The first-order valence-electron chi connectivity index (χ1n) is 11.6. The number of carbonyl (C=O) groups is 4. The molecule has 208 valence electrons. The van der Waals surface area contributed by atoms with Gasteiger partial charge in [-0.1, -0.05) is 10.3 Å². The first kappa shape index (κ1) is 30.1. The van der Waals surface area contributed by atoms with Gasteiger partial charge in [0.05, 0.1) is 0 Å². The summed E-state index contributed by atoms with van der Waals surface area (Å²) < 4.78 is 11.0. The van der Waals surface area contributed by atoms with Crippen LogP contribution >= 0.6 is 0 Å². The molecular weight excluding hydrogens is 516 g/mol. The quantitative estimate of drug-likeness (QED) is 0.0782. The predicted octanol–water partition coefficient (Wildman–Crippen LogP) is 1.94. The minimum Gasteiger partial charge on any atom is -0.481 e. The maximum Gasteiger partial charge on any atom is 0.335 e. The Labute approximate surface area is 222 Å². The summed E-state index contributed by atoms with van der Waals surface area (Å²) in [4.78, 5) is 53.4. The molecule has 0 aromatic heterocycles. The molecular formula is C25H28N4O10. The second-order valence-electron chi connectivity index (χ2n) is 7.83. The minimum atomic E-state index is -1.00. The number of hydrogen-bond donors (Lipinski definition) is 4. The number of carboxylic acid groups (broad SMARTS) is 2. The highest BCUT2D eigenvalue weighted by atomic mass is 16.7. The van der Waals surface area contributed by atoms with Crippen molar-refractivity contribution in [2.45, 2.75) is 38.5 Å². The van der Waals surface area contributed by atoms with Gasteiger partial charge in [-0.25, -0.2) is 9.59 Å². The molecule has 0 aliphatic carbocycles. The fourth-order valence-corrected chi connectivity index (χ4v) is 2.77. The van der Waals surface area contributed by atoms with E-state index in [0.717, 1.165) is 0 Å². The molecule has 14 nitrogen and oxygen atoms in total. The van der Waals surface area contributed by atoms with E-state index >= 15 is 0 Å². The van der Waals surface area contributed by atoms with Crippen molar-refractivity contribution in [3.8, 4) is 11.5 Å². The number of oxime groups is 2. The SMILES string of the molecule is N/C(=N\OC(=O)CCCC(=O)O)c1ccc(OCOc2ccc(/C(N)=N/OC(=O)CCCC(=O)O)cc2)cc1. The molecule has 14 heteroatoms. The number of ether oxygens (including phenoxy) is 2. The molecule has 0 spiro atoms. The number of amidine groups is 2. The largest absolute Gasteiger partial charge is 0.481 e. The average molecular weight is 545 g/mol. The predicted molar refractivity (Wildman–Crippen MR) is 136 cm³/mol. The van der Waals surface area contributed by atoms with Gasteiger partial charge in [0.2, 0.25) is 6.79 Å². The maximum absolute atomic E-state index is 11.5. The number of nitrogens with zero attached hydrogens (tertiary/aromatic N) is 2. The van der Waals surface area contributed by atoms with E-state index < -0.39 is 23.9 Å². The Morgan fingerprint density at radius 1 is 0.615 bits per heavy atom. The van der Waals surface area contributed by atoms with Crippen LogP contribution in [-0.4, -0.2) is 52.6 Å². The fraction of sp³-hybridized carbons (Fsp3) is 0.280. The molecule has 0 fully saturated rings. The van der Waals surface area contributed by atoms with Gasteiger partial charge in [0.25, 0.3) is 0 Å². The Morgan fingerprint density at radius 3 is 1.31 bits per heavy atom. The molecule has 2 rings (SSSR count). The minimum absolute atomic E-state index is 0.0414. The lowest BCUT2D eigenvalue weighted by atomic mass is 10.2. The molecule has 39 heavy (non-hydrogen) atoms. The normalized spacial score (nSPS) is 11.4. The number of carbonyl (C=O) groups excluding carboxylic acids is 2. The van der Waals surface area contributed by atoms with E-state index in [2.05, 4.69) is 20.0 Å². The third-order valence-electron chi connectivity index (χ3n) is 4.79. The van der Waals surface area contributed by atoms with Gasteiger partial charge in [-0.05, 0) is 61.4 Å². The highest BCUT2D eigenvalue weighted by molar-refractivity contribution is 5.98. The Morgan fingerprint density at radius 2 is 0.974 bits per heavy atom. The lowest BCUT2D eigenvalue weighted by Crippen LogP contribution is -2.15. The lowest BCUT2D eigenvalue weighted by Gasteiger charge is -2.09. The first-order chi connectivity index (χ1) is 18.6.